The van der Waals surface area contributed by atoms with E-state index in [1.807, 2.05) is 0 Å². The van der Waals surface area contributed by atoms with Crippen LogP contribution in [0.3, 0.4) is 0 Å². The second kappa shape index (κ2) is 12.2. The quantitative estimate of drug-likeness (QED) is 0.314. The van der Waals surface area contributed by atoms with E-state index in [0.29, 0.717) is 44.2 Å². The van der Waals surface area contributed by atoms with E-state index in [1.54, 1.807) is 36.1 Å². The number of rotatable bonds is 10. The molecule has 200 valence electrons. The van der Waals surface area contributed by atoms with Crippen molar-refractivity contribution in [2.24, 2.45) is 5.73 Å². The molecule has 3 heterocycles. The summed E-state index contributed by atoms with van der Waals surface area (Å²) in [6.07, 6.45) is 3.53. The molecule has 2 fully saturated rings. The molecule has 2 aliphatic rings. The third-order valence-electron chi connectivity index (χ3n) is 6.92. The summed E-state index contributed by atoms with van der Waals surface area (Å²) in [5, 5.41) is 26.2. The molecule has 0 aliphatic carbocycles. The van der Waals surface area contributed by atoms with Crippen molar-refractivity contribution in [2.75, 3.05) is 42.9 Å². The Kier molecular flexibility index (Phi) is 8.78. The summed E-state index contributed by atoms with van der Waals surface area (Å²) in [7, 11) is 0. The number of aromatic hydroxyl groups is 1. The van der Waals surface area contributed by atoms with Gasteiger partial charge >= 0.3 is 0 Å². The van der Waals surface area contributed by atoms with E-state index in [2.05, 4.69) is 25.5 Å². The number of benzene rings is 1. The molecule has 4 rings (SSSR count). The number of amides is 2. The predicted molar refractivity (Wildman–Crippen MR) is 140 cm³/mol. The molecule has 0 radical (unpaired) electrons. The molecule has 37 heavy (non-hydrogen) atoms. The lowest BCUT2D eigenvalue weighted by atomic mass is 10.0. The first-order valence-electron chi connectivity index (χ1n) is 13.0. The number of aryl methyl sites for hydroxylation is 1. The van der Waals surface area contributed by atoms with Gasteiger partial charge in [-0.3, -0.25) is 9.59 Å². The van der Waals surface area contributed by atoms with Gasteiger partial charge in [0.2, 0.25) is 11.9 Å². The number of phenolic OH excluding ortho intramolecular Hbond substituents is 1. The molecule has 0 spiro atoms. The minimum absolute atomic E-state index is 0.0398. The number of nitrogens with zero attached hydrogens (tertiary/aromatic N) is 4. The summed E-state index contributed by atoms with van der Waals surface area (Å²) in [6.45, 7) is 4.80. The molecule has 2 aromatic rings. The molecule has 6 N–H and O–H groups in total. The van der Waals surface area contributed by atoms with Gasteiger partial charge in [0.1, 0.15) is 17.3 Å². The molecule has 2 saturated heterocycles. The smallest absolute Gasteiger partial charge is 0.270 e. The molecule has 11 heteroatoms. The number of anilines is 2. The van der Waals surface area contributed by atoms with Crippen LogP contribution in [0.5, 0.6) is 5.75 Å². The Bertz CT molecular complexity index is 1100. The van der Waals surface area contributed by atoms with Gasteiger partial charge < -0.3 is 36.4 Å². The Morgan fingerprint density at radius 2 is 1.89 bits per heavy atom. The number of carbonyl (C=O) groups is 2. The van der Waals surface area contributed by atoms with Crippen molar-refractivity contribution < 1.29 is 19.8 Å². The highest BCUT2D eigenvalue weighted by molar-refractivity contribution is 5.93. The third-order valence-corrected chi connectivity index (χ3v) is 6.92. The van der Waals surface area contributed by atoms with Gasteiger partial charge in [-0.25, -0.2) is 4.98 Å². The van der Waals surface area contributed by atoms with Crippen LogP contribution < -0.4 is 21.3 Å². The fourth-order valence-corrected chi connectivity index (χ4v) is 4.67. The van der Waals surface area contributed by atoms with Crippen LogP contribution in [0.1, 0.15) is 54.2 Å². The molecular formula is C26H37N7O4. The molecular weight excluding hydrogens is 474 g/mol. The lowest BCUT2D eigenvalue weighted by molar-refractivity contribution is -0.132. The highest BCUT2D eigenvalue weighted by atomic mass is 16.3. The maximum atomic E-state index is 13.0. The number of carbonyl (C=O) groups excluding carboxylic acids is 2. The van der Waals surface area contributed by atoms with Crippen LogP contribution in [0.25, 0.3) is 0 Å². The highest BCUT2D eigenvalue weighted by Crippen LogP contribution is 2.21. The monoisotopic (exact) mass is 511 g/mol. The molecule has 1 aromatic carbocycles. The summed E-state index contributed by atoms with van der Waals surface area (Å²) in [5.41, 5.74) is 7.79. The van der Waals surface area contributed by atoms with Crippen molar-refractivity contribution in [1.29, 1.82) is 0 Å². The number of aliphatic hydroxyl groups is 1. The second-order valence-corrected chi connectivity index (χ2v) is 9.81. The van der Waals surface area contributed by atoms with Gasteiger partial charge in [0.15, 0.2) is 0 Å². The van der Waals surface area contributed by atoms with Gasteiger partial charge in [-0.2, -0.15) is 4.98 Å². The molecule has 0 saturated carbocycles. The van der Waals surface area contributed by atoms with Gasteiger partial charge in [0, 0.05) is 52.3 Å². The molecule has 2 amide bonds. The number of hydrogen-bond donors (Lipinski definition) is 5. The molecule has 0 bridgehead atoms. The minimum atomic E-state index is -0.753. The minimum Gasteiger partial charge on any atom is -0.508 e. The third kappa shape index (κ3) is 7.07. The first kappa shape index (κ1) is 26.6. The van der Waals surface area contributed by atoms with E-state index in [4.69, 9.17) is 5.73 Å². The predicted octanol–water partition coefficient (Wildman–Crippen LogP) is 0.997. The summed E-state index contributed by atoms with van der Waals surface area (Å²) >= 11 is 0. The van der Waals surface area contributed by atoms with E-state index < -0.39 is 6.10 Å². The van der Waals surface area contributed by atoms with Gasteiger partial charge in [0.05, 0.1) is 12.1 Å². The lowest BCUT2D eigenvalue weighted by Gasteiger charge is -2.39. The van der Waals surface area contributed by atoms with Crippen molar-refractivity contribution in [1.82, 2.24) is 20.2 Å². The number of phenols is 1. The average molecular weight is 512 g/mol. The fraction of sp³-hybridized carbons (Fsp3) is 0.538. The highest BCUT2D eigenvalue weighted by Gasteiger charge is 2.29. The van der Waals surface area contributed by atoms with E-state index in [-0.39, 0.29) is 35.8 Å². The number of aromatic nitrogens is 2. The molecule has 1 atom stereocenters. The molecule has 0 unspecified atom stereocenters. The number of nitrogens with two attached hydrogens (primary N) is 1. The number of piperidine rings is 1. The Hall–Kier alpha value is -3.44. The van der Waals surface area contributed by atoms with Gasteiger partial charge in [-0.1, -0.05) is 6.07 Å². The van der Waals surface area contributed by atoms with Crippen LogP contribution in [0.15, 0.2) is 24.3 Å². The standard InChI is InChI=1S/C26H37N7O4/c1-17(34)33-15-20(16-33)29-24-12-23(30-26(31-24)32-9-3-2-4-10-32)25(37)28-14-22(36)8-6-18-5-7-21(35)11-19(18)13-27/h5,7,11-12,20,22,35-36H,2-4,6,8-10,13-16,27H2,1H3,(H,28,37)(H,29,30,31)/t22-/m0/s1. The number of nitrogens with one attached hydrogen (secondary N) is 2. The second-order valence-electron chi connectivity index (χ2n) is 9.81. The Morgan fingerprint density at radius 1 is 1.14 bits per heavy atom. The van der Waals surface area contributed by atoms with Crippen molar-refractivity contribution in [3.05, 3.63) is 41.1 Å². The summed E-state index contributed by atoms with van der Waals surface area (Å²) in [4.78, 5) is 37.5. The van der Waals surface area contributed by atoms with Gasteiger partial charge in [0.25, 0.3) is 5.91 Å². The summed E-state index contributed by atoms with van der Waals surface area (Å²) in [6, 6.07) is 6.73. The zero-order valence-electron chi connectivity index (χ0n) is 21.3. The van der Waals surface area contributed by atoms with Crippen LogP contribution in [0, 0.1) is 0 Å². The Morgan fingerprint density at radius 3 is 2.59 bits per heavy atom. The zero-order chi connectivity index (χ0) is 26.4. The summed E-state index contributed by atoms with van der Waals surface area (Å²) in [5.74, 6) is 0.885. The van der Waals surface area contributed by atoms with E-state index in [0.717, 1.165) is 37.1 Å². The molecule has 11 nitrogen and oxygen atoms in total. The van der Waals surface area contributed by atoms with Crippen LogP contribution in [0.4, 0.5) is 11.8 Å². The van der Waals surface area contributed by atoms with Gasteiger partial charge in [-0.05, 0) is 55.4 Å². The first-order valence-corrected chi connectivity index (χ1v) is 13.0. The largest absolute Gasteiger partial charge is 0.508 e. The maximum Gasteiger partial charge on any atom is 0.270 e. The summed E-state index contributed by atoms with van der Waals surface area (Å²) < 4.78 is 0. The Labute approximate surface area is 217 Å². The lowest BCUT2D eigenvalue weighted by Crippen LogP contribution is -2.56. The van der Waals surface area contributed by atoms with Gasteiger partial charge in [-0.15, -0.1) is 0 Å². The van der Waals surface area contributed by atoms with Crippen molar-refractivity contribution in [3.63, 3.8) is 0 Å². The van der Waals surface area contributed by atoms with E-state index >= 15 is 0 Å². The number of likely N-dealkylation sites (tertiary alicyclic amines) is 1. The van der Waals surface area contributed by atoms with Crippen LogP contribution in [-0.2, 0) is 17.8 Å². The van der Waals surface area contributed by atoms with Crippen LogP contribution >= 0.6 is 0 Å². The molecule has 1 aromatic heterocycles. The van der Waals surface area contributed by atoms with Crippen LogP contribution in [-0.4, -0.2) is 81.8 Å². The van der Waals surface area contributed by atoms with E-state index in [1.165, 1.54) is 6.42 Å². The topological polar surface area (TPSA) is 157 Å². The first-order chi connectivity index (χ1) is 17.8. The fourth-order valence-electron chi connectivity index (χ4n) is 4.67. The van der Waals surface area contributed by atoms with Crippen molar-refractivity contribution in [3.8, 4) is 5.75 Å². The van der Waals surface area contributed by atoms with Crippen LogP contribution in [0.2, 0.25) is 0 Å². The average Bonchev–Trinajstić information content (AvgIpc) is 2.88. The zero-order valence-corrected chi connectivity index (χ0v) is 21.3. The number of hydrogen-bond acceptors (Lipinski definition) is 9. The van der Waals surface area contributed by atoms with Crippen molar-refractivity contribution >= 4 is 23.6 Å². The Balaban J connectivity index is 1.37. The maximum absolute atomic E-state index is 13.0. The normalized spacial score (nSPS) is 16.7. The SMILES string of the molecule is CC(=O)N1CC(Nc2cc(C(=O)NC[C@@H](O)CCc3ccc(O)cc3CN)nc(N3CCCCC3)n2)C1. The van der Waals surface area contributed by atoms with Crippen molar-refractivity contribution in [2.45, 2.75) is 57.7 Å². The molecule has 2 aliphatic heterocycles. The number of aliphatic hydroxyl groups excluding tert-OH is 1. The van der Waals surface area contributed by atoms with E-state index in [9.17, 15) is 19.8 Å².